The predicted molar refractivity (Wildman–Crippen MR) is 107 cm³/mol. The molecule has 1 saturated heterocycles. The van der Waals surface area contributed by atoms with Gasteiger partial charge in [0.05, 0.1) is 0 Å². The van der Waals surface area contributed by atoms with E-state index in [1.54, 1.807) is 0 Å². The van der Waals surface area contributed by atoms with Gasteiger partial charge < -0.3 is 15.4 Å². The van der Waals surface area contributed by atoms with Crippen LogP contribution in [0, 0.1) is 6.92 Å². The van der Waals surface area contributed by atoms with Gasteiger partial charge in [0, 0.05) is 6.54 Å². The number of hydrogen-bond acceptors (Lipinski definition) is 5. The van der Waals surface area contributed by atoms with Gasteiger partial charge in [-0.15, -0.1) is 0 Å². The summed E-state index contributed by atoms with van der Waals surface area (Å²) in [6, 6.07) is 7.03. The average Bonchev–Trinajstić information content (AvgIpc) is 2.90. The number of aryl methyl sites for hydroxylation is 1. The van der Waals surface area contributed by atoms with Crippen molar-refractivity contribution in [2.45, 2.75) is 58.5 Å². The minimum atomic E-state index is -0.953. The first-order valence-electron chi connectivity index (χ1n) is 9.94. The standard InChI is InChI=1S/C21H29N3O5/c1-4-10-21(11-5-2)19(27)24(20(28)23-21)13-18(26)29-14-17(25)22-12-16-9-7-6-8-15(16)3/h6-9H,4-5,10-14H2,1-3H3,(H,22,25)(H,23,28). The first-order valence-corrected chi connectivity index (χ1v) is 9.94. The highest BCUT2D eigenvalue weighted by Crippen LogP contribution is 2.27. The third-order valence-corrected chi connectivity index (χ3v) is 4.99. The van der Waals surface area contributed by atoms with E-state index in [2.05, 4.69) is 10.6 Å². The maximum Gasteiger partial charge on any atom is 0.326 e. The number of benzene rings is 1. The largest absolute Gasteiger partial charge is 0.454 e. The molecule has 2 N–H and O–H groups in total. The minimum absolute atomic E-state index is 0.326. The van der Waals surface area contributed by atoms with Crippen molar-refractivity contribution in [2.75, 3.05) is 13.2 Å². The molecule has 8 heteroatoms. The van der Waals surface area contributed by atoms with Gasteiger partial charge in [0.2, 0.25) is 0 Å². The average molecular weight is 403 g/mol. The lowest BCUT2D eigenvalue weighted by atomic mass is 9.88. The van der Waals surface area contributed by atoms with Gasteiger partial charge in [-0.05, 0) is 30.9 Å². The Morgan fingerprint density at radius 1 is 1.14 bits per heavy atom. The fourth-order valence-corrected chi connectivity index (χ4v) is 3.51. The van der Waals surface area contributed by atoms with Crippen molar-refractivity contribution < 1.29 is 23.9 Å². The second kappa shape index (κ2) is 10.0. The minimum Gasteiger partial charge on any atom is -0.454 e. The number of esters is 1. The lowest BCUT2D eigenvalue weighted by Crippen LogP contribution is -2.47. The van der Waals surface area contributed by atoms with Gasteiger partial charge in [0.15, 0.2) is 6.61 Å². The number of imide groups is 1. The highest BCUT2D eigenvalue weighted by molar-refractivity contribution is 6.08. The Morgan fingerprint density at radius 2 is 1.79 bits per heavy atom. The SMILES string of the molecule is CCCC1(CCC)NC(=O)N(CC(=O)OCC(=O)NCc2ccccc2C)C1=O. The lowest BCUT2D eigenvalue weighted by Gasteiger charge is -2.25. The molecule has 4 amide bonds. The van der Waals surface area contributed by atoms with Crippen molar-refractivity contribution in [1.29, 1.82) is 0 Å². The summed E-state index contributed by atoms with van der Waals surface area (Å²) < 4.78 is 4.94. The summed E-state index contributed by atoms with van der Waals surface area (Å²) in [5, 5.41) is 5.41. The van der Waals surface area contributed by atoms with Crippen LogP contribution in [0.15, 0.2) is 24.3 Å². The fourth-order valence-electron chi connectivity index (χ4n) is 3.51. The second-order valence-electron chi connectivity index (χ2n) is 7.27. The summed E-state index contributed by atoms with van der Waals surface area (Å²) >= 11 is 0. The van der Waals surface area contributed by atoms with Crippen LogP contribution in [0.5, 0.6) is 0 Å². The predicted octanol–water partition coefficient (Wildman–Crippen LogP) is 2.05. The fraction of sp³-hybridized carbons (Fsp3) is 0.524. The zero-order chi connectivity index (χ0) is 21.4. The number of urea groups is 1. The number of carbonyl (C=O) groups excluding carboxylic acids is 4. The molecule has 1 aliphatic heterocycles. The maximum absolute atomic E-state index is 12.7. The van der Waals surface area contributed by atoms with E-state index in [4.69, 9.17) is 4.74 Å². The van der Waals surface area contributed by atoms with Crippen molar-refractivity contribution in [2.24, 2.45) is 0 Å². The van der Waals surface area contributed by atoms with Gasteiger partial charge in [-0.2, -0.15) is 0 Å². The number of rotatable bonds is 10. The molecule has 0 unspecified atom stereocenters. The Labute approximate surface area is 171 Å². The van der Waals surface area contributed by atoms with Crippen molar-refractivity contribution in [1.82, 2.24) is 15.5 Å². The zero-order valence-electron chi connectivity index (χ0n) is 17.2. The van der Waals surface area contributed by atoms with E-state index in [-0.39, 0.29) is 0 Å². The maximum atomic E-state index is 12.7. The van der Waals surface area contributed by atoms with E-state index in [0.29, 0.717) is 19.4 Å². The molecule has 0 aromatic heterocycles. The molecule has 158 valence electrons. The Balaban J connectivity index is 1.84. The third kappa shape index (κ3) is 5.56. The Hall–Kier alpha value is -2.90. The van der Waals surface area contributed by atoms with Crippen LogP contribution in [0.1, 0.15) is 50.7 Å². The number of hydrogen-bond donors (Lipinski definition) is 2. The summed E-state index contributed by atoms with van der Waals surface area (Å²) in [4.78, 5) is 49.8. The molecule has 0 spiro atoms. The molecule has 1 heterocycles. The molecular formula is C21H29N3O5. The van der Waals surface area contributed by atoms with Crippen LogP contribution in [0.4, 0.5) is 4.79 Å². The van der Waals surface area contributed by atoms with Crippen LogP contribution >= 0.6 is 0 Å². The Kier molecular flexibility index (Phi) is 7.75. The van der Waals surface area contributed by atoms with E-state index in [0.717, 1.165) is 28.9 Å². The monoisotopic (exact) mass is 403 g/mol. The van der Waals surface area contributed by atoms with Crippen LogP contribution in [-0.2, 0) is 25.7 Å². The van der Waals surface area contributed by atoms with Gasteiger partial charge in [-0.1, -0.05) is 51.0 Å². The molecule has 1 aromatic rings. The van der Waals surface area contributed by atoms with Crippen LogP contribution < -0.4 is 10.6 Å². The number of nitrogens with one attached hydrogen (secondary N) is 2. The molecule has 0 saturated carbocycles. The molecule has 0 atom stereocenters. The van der Waals surface area contributed by atoms with Gasteiger partial charge in [0.25, 0.3) is 11.8 Å². The highest BCUT2D eigenvalue weighted by atomic mass is 16.5. The molecule has 0 aliphatic carbocycles. The number of amides is 4. The molecule has 8 nitrogen and oxygen atoms in total. The van der Waals surface area contributed by atoms with Crippen LogP contribution in [0.25, 0.3) is 0 Å². The van der Waals surface area contributed by atoms with E-state index < -0.39 is 42.5 Å². The Bertz CT molecular complexity index is 771. The molecule has 1 aliphatic rings. The first kappa shape index (κ1) is 22.4. The van der Waals surface area contributed by atoms with Crippen molar-refractivity contribution in [3.8, 4) is 0 Å². The summed E-state index contributed by atoms with van der Waals surface area (Å²) in [7, 11) is 0. The zero-order valence-corrected chi connectivity index (χ0v) is 17.2. The van der Waals surface area contributed by atoms with E-state index in [1.807, 2.05) is 45.0 Å². The first-order chi connectivity index (χ1) is 13.8. The van der Waals surface area contributed by atoms with E-state index in [9.17, 15) is 19.2 Å². The van der Waals surface area contributed by atoms with Gasteiger partial charge in [-0.25, -0.2) is 4.79 Å². The van der Waals surface area contributed by atoms with E-state index >= 15 is 0 Å². The van der Waals surface area contributed by atoms with Crippen molar-refractivity contribution in [3.63, 3.8) is 0 Å². The molecule has 2 rings (SSSR count). The lowest BCUT2D eigenvalue weighted by molar-refractivity contribution is -0.151. The quantitative estimate of drug-likeness (QED) is 0.460. The highest BCUT2D eigenvalue weighted by Gasteiger charge is 2.50. The smallest absolute Gasteiger partial charge is 0.326 e. The molecule has 29 heavy (non-hydrogen) atoms. The summed E-state index contributed by atoms with van der Waals surface area (Å²) in [6.45, 7) is 5.16. The van der Waals surface area contributed by atoms with Crippen LogP contribution in [0.3, 0.4) is 0 Å². The van der Waals surface area contributed by atoms with Crippen molar-refractivity contribution in [3.05, 3.63) is 35.4 Å². The number of carbonyl (C=O) groups is 4. The van der Waals surface area contributed by atoms with Gasteiger partial charge in [0.1, 0.15) is 12.1 Å². The molecular weight excluding hydrogens is 374 g/mol. The van der Waals surface area contributed by atoms with E-state index in [1.165, 1.54) is 0 Å². The molecule has 0 radical (unpaired) electrons. The van der Waals surface area contributed by atoms with Gasteiger partial charge in [-0.3, -0.25) is 19.3 Å². The van der Waals surface area contributed by atoms with Crippen LogP contribution in [0.2, 0.25) is 0 Å². The Morgan fingerprint density at radius 3 is 2.41 bits per heavy atom. The van der Waals surface area contributed by atoms with Crippen molar-refractivity contribution >= 4 is 23.8 Å². The second-order valence-corrected chi connectivity index (χ2v) is 7.27. The normalized spacial score (nSPS) is 15.2. The third-order valence-electron chi connectivity index (χ3n) is 4.99. The number of ether oxygens (including phenoxy) is 1. The topological polar surface area (TPSA) is 105 Å². The van der Waals surface area contributed by atoms with Gasteiger partial charge >= 0.3 is 12.0 Å². The summed E-state index contributed by atoms with van der Waals surface area (Å²) in [5.74, 6) is -1.67. The summed E-state index contributed by atoms with van der Waals surface area (Å²) in [5.41, 5.74) is 1.06. The number of nitrogens with zero attached hydrogens (tertiary/aromatic N) is 1. The molecule has 1 fully saturated rings. The molecule has 1 aromatic carbocycles. The molecule has 0 bridgehead atoms. The summed E-state index contributed by atoms with van der Waals surface area (Å²) in [6.07, 6.45) is 2.48. The van der Waals surface area contributed by atoms with Crippen LogP contribution in [-0.4, -0.2) is 47.4 Å².